The molecule has 1 N–H and O–H groups in total. The predicted octanol–water partition coefficient (Wildman–Crippen LogP) is 2.57. The minimum absolute atomic E-state index is 0.0691. The molecule has 0 saturated heterocycles. The molecule has 1 amide bonds. The SMILES string of the molecule is CC(C)NCc1cc(F)cc(OCCCC(=O)N(C)C)c1. The van der Waals surface area contributed by atoms with E-state index in [2.05, 4.69) is 5.32 Å². The second kappa shape index (κ2) is 8.62. The lowest BCUT2D eigenvalue weighted by atomic mass is 10.2. The molecule has 0 atom stereocenters. The third-order valence-electron chi connectivity index (χ3n) is 2.95. The van der Waals surface area contributed by atoms with E-state index in [0.717, 1.165) is 5.56 Å². The van der Waals surface area contributed by atoms with Crippen LogP contribution in [0.2, 0.25) is 0 Å². The van der Waals surface area contributed by atoms with Gasteiger partial charge in [0.1, 0.15) is 11.6 Å². The van der Waals surface area contributed by atoms with E-state index in [-0.39, 0.29) is 11.7 Å². The fourth-order valence-electron chi connectivity index (χ4n) is 1.77. The number of ether oxygens (including phenoxy) is 1. The minimum atomic E-state index is -0.308. The number of halogens is 1. The lowest BCUT2D eigenvalue weighted by Crippen LogP contribution is -2.22. The summed E-state index contributed by atoms with van der Waals surface area (Å²) < 4.78 is 19.1. The van der Waals surface area contributed by atoms with Gasteiger partial charge in [-0.15, -0.1) is 0 Å². The highest BCUT2D eigenvalue weighted by Gasteiger charge is 2.05. The monoisotopic (exact) mass is 296 g/mol. The molecule has 0 aliphatic rings. The first-order chi connectivity index (χ1) is 9.88. The van der Waals surface area contributed by atoms with Crippen molar-refractivity contribution in [3.8, 4) is 5.75 Å². The van der Waals surface area contributed by atoms with Crippen molar-refractivity contribution in [3.63, 3.8) is 0 Å². The molecule has 0 fully saturated rings. The Hall–Kier alpha value is -1.62. The van der Waals surface area contributed by atoms with Crippen LogP contribution in [0.3, 0.4) is 0 Å². The number of hydrogen-bond donors (Lipinski definition) is 1. The number of hydrogen-bond acceptors (Lipinski definition) is 3. The largest absolute Gasteiger partial charge is 0.493 e. The second-order valence-corrected chi connectivity index (χ2v) is 5.57. The standard InChI is InChI=1S/C16H25FN2O2/c1-12(2)18-11-13-8-14(17)10-15(9-13)21-7-5-6-16(20)19(3)4/h8-10,12,18H,5-7,11H2,1-4H3. The Morgan fingerprint density at radius 2 is 2.05 bits per heavy atom. The lowest BCUT2D eigenvalue weighted by Gasteiger charge is -2.12. The van der Waals surface area contributed by atoms with Crippen LogP contribution in [-0.4, -0.2) is 37.6 Å². The number of benzene rings is 1. The van der Waals surface area contributed by atoms with Crippen LogP contribution in [0.25, 0.3) is 0 Å². The first-order valence-corrected chi connectivity index (χ1v) is 7.24. The van der Waals surface area contributed by atoms with Gasteiger partial charge >= 0.3 is 0 Å². The summed E-state index contributed by atoms with van der Waals surface area (Å²) in [5.74, 6) is 0.268. The van der Waals surface area contributed by atoms with Crippen molar-refractivity contribution in [2.24, 2.45) is 0 Å². The number of amides is 1. The zero-order valence-corrected chi connectivity index (χ0v) is 13.3. The van der Waals surface area contributed by atoms with E-state index < -0.39 is 0 Å². The van der Waals surface area contributed by atoms with E-state index in [1.165, 1.54) is 12.1 Å². The minimum Gasteiger partial charge on any atom is -0.493 e. The van der Waals surface area contributed by atoms with Gasteiger partial charge in [0.05, 0.1) is 6.61 Å². The fraction of sp³-hybridized carbons (Fsp3) is 0.562. The maximum absolute atomic E-state index is 13.5. The van der Waals surface area contributed by atoms with Gasteiger partial charge in [-0.3, -0.25) is 4.79 Å². The summed E-state index contributed by atoms with van der Waals surface area (Å²) >= 11 is 0. The highest BCUT2D eigenvalue weighted by molar-refractivity contribution is 5.75. The van der Waals surface area contributed by atoms with Gasteiger partial charge in [-0.25, -0.2) is 4.39 Å². The molecule has 0 aliphatic carbocycles. The summed E-state index contributed by atoms with van der Waals surface area (Å²) in [7, 11) is 3.45. The van der Waals surface area contributed by atoms with Crippen LogP contribution < -0.4 is 10.1 Å². The van der Waals surface area contributed by atoms with Crippen LogP contribution in [0.4, 0.5) is 4.39 Å². The molecule has 0 saturated carbocycles. The molecule has 1 aromatic carbocycles. The van der Waals surface area contributed by atoms with Crippen molar-refractivity contribution in [2.75, 3.05) is 20.7 Å². The highest BCUT2D eigenvalue weighted by Crippen LogP contribution is 2.17. The van der Waals surface area contributed by atoms with Crippen molar-refractivity contribution in [1.29, 1.82) is 0 Å². The average Bonchev–Trinajstić information content (AvgIpc) is 2.40. The number of nitrogens with zero attached hydrogens (tertiary/aromatic N) is 1. The first kappa shape index (κ1) is 17.4. The molecular formula is C16H25FN2O2. The molecule has 118 valence electrons. The molecule has 0 radical (unpaired) electrons. The Bertz CT molecular complexity index is 462. The topological polar surface area (TPSA) is 41.6 Å². The van der Waals surface area contributed by atoms with Crippen LogP contribution in [-0.2, 0) is 11.3 Å². The number of carbonyl (C=O) groups is 1. The molecule has 4 nitrogen and oxygen atoms in total. The zero-order chi connectivity index (χ0) is 15.8. The molecule has 0 aromatic heterocycles. The van der Waals surface area contributed by atoms with Crippen molar-refractivity contribution in [3.05, 3.63) is 29.6 Å². The summed E-state index contributed by atoms with van der Waals surface area (Å²) in [6.07, 6.45) is 1.05. The molecule has 0 unspecified atom stereocenters. The van der Waals surface area contributed by atoms with Gasteiger partial charge in [-0.2, -0.15) is 0 Å². The number of carbonyl (C=O) groups excluding carboxylic acids is 1. The normalized spacial score (nSPS) is 10.8. The quantitative estimate of drug-likeness (QED) is 0.750. The van der Waals surface area contributed by atoms with Crippen LogP contribution in [0.15, 0.2) is 18.2 Å². The average molecular weight is 296 g/mol. The second-order valence-electron chi connectivity index (χ2n) is 5.57. The molecule has 0 spiro atoms. The van der Waals surface area contributed by atoms with Gasteiger partial charge in [-0.05, 0) is 24.1 Å². The molecule has 0 aliphatic heterocycles. The molecule has 1 rings (SSSR count). The van der Waals surface area contributed by atoms with Gasteiger partial charge in [0.15, 0.2) is 0 Å². The molecule has 1 aromatic rings. The van der Waals surface area contributed by atoms with E-state index in [0.29, 0.717) is 37.8 Å². The lowest BCUT2D eigenvalue weighted by molar-refractivity contribution is -0.128. The molecular weight excluding hydrogens is 271 g/mol. The Morgan fingerprint density at radius 3 is 2.67 bits per heavy atom. The van der Waals surface area contributed by atoms with E-state index in [1.807, 2.05) is 19.9 Å². The van der Waals surface area contributed by atoms with Crippen molar-refractivity contribution in [1.82, 2.24) is 10.2 Å². The molecule has 0 bridgehead atoms. The Morgan fingerprint density at radius 1 is 1.33 bits per heavy atom. The van der Waals surface area contributed by atoms with Crippen LogP contribution in [0.1, 0.15) is 32.3 Å². The maximum atomic E-state index is 13.5. The van der Waals surface area contributed by atoms with Crippen molar-refractivity contribution in [2.45, 2.75) is 39.3 Å². The van der Waals surface area contributed by atoms with Gasteiger partial charge in [0, 0.05) is 39.2 Å². The summed E-state index contributed by atoms with van der Waals surface area (Å²) in [6, 6.07) is 5.03. The Labute approximate surface area is 126 Å². The van der Waals surface area contributed by atoms with Crippen molar-refractivity contribution >= 4 is 5.91 Å². The van der Waals surface area contributed by atoms with Crippen LogP contribution >= 0.6 is 0 Å². The molecule has 5 heteroatoms. The fourth-order valence-corrected chi connectivity index (χ4v) is 1.77. The van der Waals surface area contributed by atoms with Crippen molar-refractivity contribution < 1.29 is 13.9 Å². The Kier molecular flexibility index (Phi) is 7.15. The third-order valence-corrected chi connectivity index (χ3v) is 2.95. The Balaban J connectivity index is 2.45. The maximum Gasteiger partial charge on any atom is 0.222 e. The predicted molar refractivity (Wildman–Crippen MR) is 81.8 cm³/mol. The summed E-state index contributed by atoms with van der Waals surface area (Å²) in [5, 5.41) is 3.24. The van der Waals surface area contributed by atoms with Crippen LogP contribution in [0.5, 0.6) is 5.75 Å². The van der Waals surface area contributed by atoms with E-state index >= 15 is 0 Å². The number of nitrogens with one attached hydrogen (secondary N) is 1. The van der Waals surface area contributed by atoms with E-state index in [1.54, 1.807) is 19.0 Å². The smallest absolute Gasteiger partial charge is 0.222 e. The molecule has 0 heterocycles. The number of rotatable bonds is 8. The summed E-state index contributed by atoms with van der Waals surface area (Å²) in [4.78, 5) is 13.0. The first-order valence-electron chi connectivity index (χ1n) is 7.24. The van der Waals surface area contributed by atoms with Gasteiger partial charge in [-0.1, -0.05) is 13.8 Å². The van der Waals surface area contributed by atoms with Crippen LogP contribution in [0, 0.1) is 5.82 Å². The van der Waals surface area contributed by atoms with Gasteiger partial charge in [0.2, 0.25) is 5.91 Å². The molecule has 21 heavy (non-hydrogen) atoms. The zero-order valence-electron chi connectivity index (χ0n) is 13.3. The summed E-state index contributed by atoms with van der Waals surface area (Å²) in [5.41, 5.74) is 0.850. The van der Waals surface area contributed by atoms with E-state index in [4.69, 9.17) is 4.74 Å². The summed E-state index contributed by atoms with van der Waals surface area (Å²) in [6.45, 7) is 5.09. The van der Waals surface area contributed by atoms with E-state index in [9.17, 15) is 9.18 Å². The third kappa shape index (κ3) is 7.09. The van der Waals surface area contributed by atoms with Gasteiger partial charge in [0.25, 0.3) is 0 Å². The highest BCUT2D eigenvalue weighted by atomic mass is 19.1. The van der Waals surface area contributed by atoms with Gasteiger partial charge < -0.3 is 15.0 Å².